The summed E-state index contributed by atoms with van der Waals surface area (Å²) in [4.78, 5) is 26.1. The second-order valence-corrected chi connectivity index (χ2v) is 4.14. The molecule has 1 aliphatic carbocycles. The highest BCUT2D eigenvalue weighted by Gasteiger charge is 2.28. The zero-order valence-electron chi connectivity index (χ0n) is 9.22. The second kappa shape index (κ2) is 3.70. The Morgan fingerprint density at radius 1 is 0.941 bits per heavy atom. The third kappa shape index (κ3) is 1.51. The molecule has 0 N–H and O–H groups in total. The maximum Gasteiger partial charge on any atom is 0.209 e. The van der Waals surface area contributed by atoms with Crippen LogP contribution < -0.4 is 0 Å². The summed E-state index contributed by atoms with van der Waals surface area (Å²) in [6, 6.07) is 6.98. The van der Waals surface area contributed by atoms with Gasteiger partial charge in [-0.3, -0.25) is 9.59 Å². The molecule has 2 aliphatic rings. The number of benzene rings is 1. The van der Waals surface area contributed by atoms with E-state index in [0.29, 0.717) is 29.9 Å². The zero-order chi connectivity index (χ0) is 11.8. The Kier molecular flexibility index (Phi) is 2.18. The smallest absolute Gasteiger partial charge is 0.209 e. The number of hydrogen-bond donors (Lipinski definition) is 0. The summed E-state index contributed by atoms with van der Waals surface area (Å²) in [5.41, 5.74) is 1.54. The average Bonchev–Trinajstić information content (AvgIpc) is 2.87. The molecule has 3 heteroatoms. The highest BCUT2D eigenvalue weighted by molar-refractivity contribution is 6.24. The minimum absolute atomic E-state index is 0.0519. The van der Waals surface area contributed by atoms with E-state index in [0.717, 1.165) is 0 Å². The van der Waals surface area contributed by atoms with Crippen LogP contribution in [0.2, 0.25) is 0 Å². The third-order valence-electron chi connectivity index (χ3n) is 3.10. The van der Waals surface area contributed by atoms with E-state index in [2.05, 4.69) is 0 Å². The number of ketones is 2. The fraction of sp³-hybridized carbons (Fsp3) is 0.143. The van der Waals surface area contributed by atoms with Crippen LogP contribution in [-0.4, -0.2) is 29.6 Å². The van der Waals surface area contributed by atoms with Crippen molar-refractivity contribution in [2.45, 2.75) is 0 Å². The lowest BCUT2D eigenvalue weighted by molar-refractivity contribution is 0.0958. The normalized spacial score (nSPS) is 18.4. The molecule has 0 saturated carbocycles. The van der Waals surface area contributed by atoms with Crippen LogP contribution in [0.25, 0.3) is 0 Å². The van der Waals surface area contributed by atoms with E-state index in [1.165, 1.54) is 6.08 Å². The number of fused-ring (bicyclic) bond motifs is 1. The highest BCUT2D eigenvalue weighted by atomic mass is 16.1. The number of carbonyl (C=O) groups excluding carboxylic acids is 2. The van der Waals surface area contributed by atoms with Crippen molar-refractivity contribution in [1.29, 1.82) is 0 Å². The van der Waals surface area contributed by atoms with Gasteiger partial charge in [0.05, 0.1) is 5.70 Å². The molecule has 0 fully saturated rings. The molecule has 0 atom stereocenters. The van der Waals surface area contributed by atoms with Crippen LogP contribution in [0.4, 0.5) is 0 Å². The summed E-state index contributed by atoms with van der Waals surface area (Å²) in [6.45, 7) is 1.40. The van der Waals surface area contributed by atoms with Gasteiger partial charge in [0.2, 0.25) is 5.78 Å². The molecule has 3 nitrogen and oxygen atoms in total. The first kappa shape index (κ1) is 10.0. The average molecular weight is 225 g/mol. The molecule has 3 rings (SSSR count). The van der Waals surface area contributed by atoms with Crippen LogP contribution in [0, 0.1) is 0 Å². The lowest BCUT2D eigenvalue weighted by Gasteiger charge is -2.23. The van der Waals surface area contributed by atoms with Gasteiger partial charge >= 0.3 is 0 Å². The second-order valence-electron chi connectivity index (χ2n) is 4.14. The van der Waals surface area contributed by atoms with E-state index in [1.54, 1.807) is 24.3 Å². The van der Waals surface area contributed by atoms with Gasteiger partial charge in [-0.05, 0) is 0 Å². The highest BCUT2D eigenvalue weighted by Crippen LogP contribution is 2.24. The van der Waals surface area contributed by atoms with Crippen molar-refractivity contribution in [3.05, 3.63) is 59.3 Å². The first-order chi connectivity index (χ1) is 8.27. The predicted octanol–water partition coefficient (Wildman–Crippen LogP) is 1.82. The largest absolute Gasteiger partial charge is 0.361 e. The Hall–Kier alpha value is -2.16. The Morgan fingerprint density at radius 3 is 2.29 bits per heavy atom. The number of nitrogens with zero attached hydrogens (tertiary/aromatic N) is 1. The monoisotopic (exact) mass is 225 g/mol. The van der Waals surface area contributed by atoms with Crippen molar-refractivity contribution in [2.24, 2.45) is 0 Å². The topological polar surface area (TPSA) is 37.4 Å². The Morgan fingerprint density at radius 2 is 1.59 bits per heavy atom. The quantitative estimate of drug-likeness (QED) is 0.684. The maximum absolute atomic E-state index is 12.3. The van der Waals surface area contributed by atoms with Gasteiger partial charge in [-0.25, -0.2) is 0 Å². The molecule has 0 amide bonds. The molecule has 1 aromatic carbocycles. The lowest BCUT2D eigenvalue weighted by atomic mass is 9.92. The number of carbonyl (C=O) groups is 2. The molecule has 0 bridgehead atoms. The molecular formula is C14H11NO2. The molecule has 0 saturated heterocycles. The molecule has 17 heavy (non-hydrogen) atoms. The summed E-state index contributed by atoms with van der Waals surface area (Å²) in [6.07, 6.45) is 5.45. The number of hydrogen-bond acceptors (Lipinski definition) is 3. The molecule has 0 radical (unpaired) electrons. The maximum atomic E-state index is 12.3. The zero-order valence-corrected chi connectivity index (χ0v) is 9.22. The van der Waals surface area contributed by atoms with Gasteiger partial charge in [0.25, 0.3) is 0 Å². The minimum atomic E-state index is -0.0814. The first-order valence-corrected chi connectivity index (χ1v) is 5.57. The fourth-order valence-corrected chi connectivity index (χ4v) is 2.21. The third-order valence-corrected chi connectivity index (χ3v) is 3.10. The summed E-state index contributed by atoms with van der Waals surface area (Å²) in [5, 5.41) is 0. The summed E-state index contributed by atoms with van der Waals surface area (Å²) in [7, 11) is 0. The van der Waals surface area contributed by atoms with Gasteiger partial charge in [0.1, 0.15) is 0 Å². The van der Waals surface area contributed by atoms with Crippen LogP contribution >= 0.6 is 0 Å². The Labute approximate surface area is 99.0 Å². The van der Waals surface area contributed by atoms with Crippen LogP contribution in [-0.2, 0) is 0 Å². The van der Waals surface area contributed by atoms with E-state index in [9.17, 15) is 9.59 Å². The van der Waals surface area contributed by atoms with E-state index in [1.807, 2.05) is 17.1 Å². The van der Waals surface area contributed by atoms with E-state index >= 15 is 0 Å². The fourth-order valence-electron chi connectivity index (χ4n) is 2.21. The lowest BCUT2D eigenvalue weighted by Crippen LogP contribution is -2.29. The Balaban J connectivity index is 2.05. The van der Waals surface area contributed by atoms with Crippen LogP contribution in [0.1, 0.15) is 20.7 Å². The minimum Gasteiger partial charge on any atom is -0.361 e. The van der Waals surface area contributed by atoms with Crippen molar-refractivity contribution in [3.8, 4) is 0 Å². The van der Waals surface area contributed by atoms with Gasteiger partial charge in [-0.1, -0.05) is 36.4 Å². The van der Waals surface area contributed by atoms with Crippen LogP contribution in [0.15, 0.2) is 48.2 Å². The summed E-state index contributed by atoms with van der Waals surface area (Å²) < 4.78 is 0. The van der Waals surface area contributed by atoms with Crippen molar-refractivity contribution in [2.75, 3.05) is 13.1 Å². The van der Waals surface area contributed by atoms with Crippen molar-refractivity contribution in [3.63, 3.8) is 0 Å². The SMILES string of the molecule is O=C1C=C(N2CC=CC2)C(=O)c2ccccc21. The van der Waals surface area contributed by atoms with E-state index < -0.39 is 0 Å². The van der Waals surface area contributed by atoms with Crippen LogP contribution in [0.5, 0.6) is 0 Å². The van der Waals surface area contributed by atoms with Gasteiger partial charge in [0.15, 0.2) is 5.78 Å². The van der Waals surface area contributed by atoms with Gasteiger partial charge < -0.3 is 4.90 Å². The van der Waals surface area contributed by atoms with Gasteiger partial charge in [0, 0.05) is 30.3 Å². The molecule has 0 spiro atoms. The summed E-state index contributed by atoms with van der Waals surface area (Å²) >= 11 is 0. The molecule has 84 valence electrons. The van der Waals surface area contributed by atoms with Crippen molar-refractivity contribution in [1.82, 2.24) is 4.90 Å². The Bertz CT molecular complexity index is 561. The molecule has 1 heterocycles. The van der Waals surface area contributed by atoms with Gasteiger partial charge in [-0.2, -0.15) is 0 Å². The predicted molar refractivity (Wildman–Crippen MR) is 63.9 cm³/mol. The molecule has 1 aromatic rings. The standard InChI is InChI=1S/C14H11NO2/c16-13-9-12(15-7-3-4-8-15)14(17)11-6-2-1-5-10(11)13/h1-6,9H,7-8H2. The molecule has 0 aromatic heterocycles. The number of Topliss-reactive ketones (excluding diaryl/α,β-unsaturated/α-hetero) is 1. The summed E-state index contributed by atoms with van der Waals surface area (Å²) in [5.74, 6) is -0.133. The first-order valence-electron chi connectivity index (χ1n) is 5.57. The van der Waals surface area contributed by atoms with Crippen molar-refractivity contribution < 1.29 is 9.59 Å². The van der Waals surface area contributed by atoms with Crippen molar-refractivity contribution >= 4 is 11.6 Å². The number of rotatable bonds is 1. The van der Waals surface area contributed by atoms with Crippen LogP contribution in [0.3, 0.4) is 0 Å². The molecule has 0 unspecified atom stereocenters. The molecular weight excluding hydrogens is 214 g/mol. The van der Waals surface area contributed by atoms with E-state index in [4.69, 9.17) is 0 Å². The van der Waals surface area contributed by atoms with Gasteiger partial charge in [-0.15, -0.1) is 0 Å². The molecule has 1 aliphatic heterocycles. The van der Waals surface area contributed by atoms with E-state index in [-0.39, 0.29) is 11.6 Å². The number of allylic oxidation sites excluding steroid dienone is 2.